The zero-order valence-electron chi connectivity index (χ0n) is 22.5. The first-order valence-corrected chi connectivity index (χ1v) is 15.9. The number of benzene rings is 2. The van der Waals surface area contributed by atoms with Crippen LogP contribution in [0.15, 0.2) is 105 Å². The van der Waals surface area contributed by atoms with Crippen LogP contribution in [0.2, 0.25) is 10.0 Å². The van der Waals surface area contributed by atoms with Crippen molar-refractivity contribution in [1.82, 2.24) is 7.91 Å². The molecule has 0 saturated carbocycles. The van der Waals surface area contributed by atoms with Gasteiger partial charge in [-0.15, -0.1) is 0 Å². The Bertz CT molecular complexity index is 1970. The van der Waals surface area contributed by atoms with Crippen molar-refractivity contribution in [3.8, 4) is 32.3 Å². The summed E-state index contributed by atoms with van der Waals surface area (Å²) < 4.78 is 4.45. The van der Waals surface area contributed by atoms with Crippen molar-refractivity contribution in [3.05, 3.63) is 137 Å². The summed E-state index contributed by atoms with van der Waals surface area (Å²) in [5, 5.41) is 28.0. The van der Waals surface area contributed by atoms with Crippen LogP contribution in [-0.4, -0.2) is 7.91 Å². The molecule has 0 fully saturated rings. The maximum Gasteiger partial charge on any atom is 0.270 e. The second kappa shape index (κ2) is 11.7. The van der Waals surface area contributed by atoms with E-state index in [0.29, 0.717) is 62.9 Å². The number of rotatable bonds is 6. The average molecular weight is 668 g/mol. The minimum absolute atomic E-state index is 0.217. The Hall–Kier alpha value is -3.87. The lowest BCUT2D eigenvalue weighted by atomic mass is 10.2. The van der Waals surface area contributed by atoms with E-state index in [9.17, 15) is 20.0 Å². The number of aromatic nitrogens is 4. The normalized spacial score (nSPS) is 11.3. The maximum atomic E-state index is 13.3. The van der Waals surface area contributed by atoms with Crippen molar-refractivity contribution in [2.75, 3.05) is 0 Å². The Kier molecular flexibility index (Phi) is 7.92. The zero-order valence-corrected chi connectivity index (χ0v) is 26.4. The van der Waals surface area contributed by atoms with E-state index in [1.165, 1.54) is 35.5 Å². The van der Waals surface area contributed by atoms with E-state index in [-0.39, 0.29) is 21.2 Å². The molecule has 216 valence electrons. The lowest BCUT2D eigenvalue weighted by Gasteiger charge is -2.11. The number of pyridine rings is 2. The molecule has 0 amide bonds. The van der Waals surface area contributed by atoms with E-state index in [2.05, 4.69) is 0 Å². The summed E-state index contributed by atoms with van der Waals surface area (Å²) in [6.07, 6.45) is 2.69. The van der Waals surface area contributed by atoms with Gasteiger partial charge in [0.25, 0.3) is 21.2 Å². The zero-order chi connectivity index (χ0) is 30.4. The van der Waals surface area contributed by atoms with Gasteiger partial charge in [0.2, 0.25) is 0 Å². The molecular formula is C30H20Cl2N4O4S3. The van der Waals surface area contributed by atoms with Crippen molar-refractivity contribution in [2.24, 2.45) is 0 Å². The summed E-state index contributed by atoms with van der Waals surface area (Å²) in [7, 11) is 0. The standard InChI is InChI=1S/C30H20Cl2N4O4S3/c1-17-25(42-35(27(17)37)21-11-7-19(31)8-12-21)23-5-3-15-33(39)29(23)41-30-24(6-4-16-34(30)40)26-18(2)28(38)36(43-26)22-13-9-20(32)10-14-22/h3-16H,1-2H3. The van der Waals surface area contributed by atoms with Gasteiger partial charge in [0.15, 0.2) is 12.4 Å². The van der Waals surface area contributed by atoms with Crippen LogP contribution in [0.25, 0.3) is 32.3 Å². The molecule has 4 aromatic heterocycles. The predicted molar refractivity (Wildman–Crippen MR) is 172 cm³/mol. The largest absolute Gasteiger partial charge is 0.618 e. The minimum Gasteiger partial charge on any atom is -0.618 e. The van der Waals surface area contributed by atoms with Gasteiger partial charge in [-0.1, -0.05) is 46.3 Å². The van der Waals surface area contributed by atoms with E-state index in [1.54, 1.807) is 94.6 Å². The Labute approximate surface area is 267 Å². The van der Waals surface area contributed by atoms with Crippen LogP contribution in [0.3, 0.4) is 0 Å². The topological polar surface area (TPSA) is 97.9 Å². The van der Waals surface area contributed by atoms with E-state index in [1.807, 2.05) is 0 Å². The molecule has 0 radical (unpaired) electrons. The van der Waals surface area contributed by atoms with Crippen LogP contribution < -0.4 is 20.6 Å². The number of hydrogen-bond donors (Lipinski definition) is 0. The summed E-state index contributed by atoms with van der Waals surface area (Å²) in [6.45, 7) is 3.42. The fraction of sp³-hybridized carbons (Fsp3) is 0.0667. The molecule has 0 spiro atoms. The van der Waals surface area contributed by atoms with Crippen molar-refractivity contribution < 1.29 is 9.46 Å². The Balaban J connectivity index is 1.47. The fourth-order valence-electron chi connectivity index (χ4n) is 4.48. The second-order valence-corrected chi connectivity index (χ2v) is 13.2. The van der Waals surface area contributed by atoms with Gasteiger partial charge < -0.3 is 10.4 Å². The van der Waals surface area contributed by atoms with Crippen molar-refractivity contribution in [3.63, 3.8) is 0 Å². The lowest BCUT2D eigenvalue weighted by Crippen LogP contribution is -2.32. The molecule has 2 aromatic carbocycles. The second-order valence-electron chi connectivity index (χ2n) is 9.45. The molecule has 13 heteroatoms. The average Bonchev–Trinajstić information content (AvgIpc) is 3.46. The van der Waals surface area contributed by atoms with Crippen molar-refractivity contribution in [1.29, 1.82) is 0 Å². The first kappa shape index (κ1) is 29.2. The third-order valence-electron chi connectivity index (χ3n) is 6.69. The SMILES string of the molecule is Cc1c(-c2ccc[n+]([O-])c2Sc2c(-c3sn(-c4ccc(Cl)cc4)c(=O)c3C)ccc[n+]2[O-])sn(-c2ccc(Cl)cc2)c1=O. The first-order chi connectivity index (χ1) is 20.6. The molecule has 0 saturated heterocycles. The highest BCUT2D eigenvalue weighted by atomic mass is 35.5. The molecule has 0 aliphatic carbocycles. The summed E-state index contributed by atoms with van der Waals surface area (Å²) in [4.78, 5) is 27.7. The van der Waals surface area contributed by atoms with Crippen LogP contribution in [0.1, 0.15) is 11.1 Å². The van der Waals surface area contributed by atoms with Crippen LogP contribution in [0.4, 0.5) is 0 Å². The molecule has 0 aliphatic rings. The van der Waals surface area contributed by atoms with E-state index in [4.69, 9.17) is 23.2 Å². The number of hydrogen-bond acceptors (Lipinski definition) is 7. The summed E-state index contributed by atoms with van der Waals surface area (Å²) in [6, 6.07) is 20.5. The Morgan fingerprint density at radius 1 is 0.651 bits per heavy atom. The van der Waals surface area contributed by atoms with Gasteiger partial charge in [-0.3, -0.25) is 9.59 Å². The molecule has 0 bridgehead atoms. The van der Waals surface area contributed by atoms with Gasteiger partial charge in [0.05, 0.1) is 44.0 Å². The molecule has 43 heavy (non-hydrogen) atoms. The van der Waals surface area contributed by atoms with Crippen molar-refractivity contribution >= 4 is 58.0 Å². The smallest absolute Gasteiger partial charge is 0.270 e. The highest BCUT2D eigenvalue weighted by molar-refractivity contribution is 7.99. The number of nitrogens with zero attached hydrogens (tertiary/aromatic N) is 4. The van der Waals surface area contributed by atoms with Crippen LogP contribution >= 0.6 is 58.0 Å². The van der Waals surface area contributed by atoms with E-state index >= 15 is 0 Å². The number of halogens is 2. The summed E-state index contributed by atoms with van der Waals surface area (Å²) in [5.41, 5.74) is 2.79. The fourth-order valence-corrected chi connectivity index (χ4v) is 8.14. The van der Waals surface area contributed by atoms with Gasteiger partial charge >= 0.3 is 0 Å². The van der Waals surface area contributed by atoms with Gasteiger partial charge in [0, 0.05) is 33.3 Å². The van der Waals surface area contributed by atoms with Crippen LogP contribution in [0, 0.1) is 24.3 Å². The van der Waals surface area contributed by atoms with Crippen LogP contribution in [-0.2, 0) is 0 Å². The first-order valence-electron chi connectivity index (χ1n) is 12.7. The molecule has 8 nitrogen and oxygen atoms in total. The van der Waals surface area contributed by atoms with Gasteiger partial charge in [0.1, 0.15) is 0 Å². The van der Waals surface area contributed by atoms with E-state index < -0.39 is 0 Å². The molecule has 6 aromatic rings. The quantitative estimate of drug-likeness (QED) is 0.144. The Morgan fingerprint density at radius 2 is 1.02 bits per heavy atom. The highest BCUT2D eigenvalue weighted by Gasteiger charge is 2.29. The minimum atomic E-state index is -0.220. The Morgan fingerprint density at radius 3 is 1.40 bits per heavy atom. The lowest BCUT2D eigenvalue weighted by molar-refractivity contribution is -0.651. The molecular weight excluding hydrogens is 647 g/mol. The molecule has 0 aliphatic heterocycles. The molecule has 0 unspecified atom stereocenters. The van der Waals surface area contributed by atoms with Gasteiger partial charge in [-0.05, 0) is 74.5 Å². The monoisotopic (exact) mass is 666 g/mol. The molecule has 0 N–H and O–H groups in total. The van der Waals surface area contributed by atoms with E-state index in [0.717, 1.165) is 11.8 Å². The summed E-state index contributed by atoms with van der Waals surface area (Å²) in [5.74, 6) is 0. The highest BCUT2D eigenvalue weighted by Crippen LogP contribution is 2.40. The third-order valence-corrected chi connectivity index (χ3v) is 10.9. The molecule has 6 rings (SSSR count). The van der Waals surface area contributed by atoms with Crippen LogP contribution in [0.5, 0.6) is 0 Å². The predicted octanol–water partition coefficient (Wildman–Crippen LogP) is 6.79. The maximum absolute atomic E-state index is 13.3. The van der Waals surface area contributed by atoms with Gasteiger partial charge in [-0.2, -0.15) is 9.46 Å². The van der Waals surface area contributed by atoms with Crippen molar-refractivity contribution in [2.45, 2.75) is 23.9 Å². The van der Waals surface area contributed by atoms with Gasteiger partial charge in [-0.25, -0.2) is 7.91 Å². The third kappa shape index (κ3) is 5.39. The summed E-state index contributed by atoms with van der Waals surface area (Å²) >= 11 is 15.5. The molecule has 0 atom stereocenters. The molecule has 4 heterocycles.